The second-order valence-electron chi connectivity index (χ2n) is 4.15. The lowest BCUT2D eigenvalue weighted by Gasteiger charge is -2.18. The minimum Gasteiger partial charge on any atom is -0.326 e. The van der Waals surface area contributed by atoms with Crippen LogP contribution in [0.1, 0.15) is 10.4 Å². The predicted molar refractivity (Wildman–Crippen MR) is 77.3 cm³/mol. The molecule has 0 spiro atoms. The summed E-state index contributed by atoms with van der Waals surface area (Å²) >= 11 is 1.54. The van der Waals surface area contributed by atoms with Crippen LogP contribution in [0.25, 0.3) is 0 Å². The monoisotopic (exact) mass is 296 g/mol. The highest BCUT2D eigenvalue weighted by Gasteiger charge is 2.23. The normalized spacial score (nSPS) is 11.9. The summed E-state index contributed by atoms with van der Waals surface area (Å²) in [7, 11) is -1.91. The molecule has 1 heterocycles. The smallest absolute Gasteiger partial charge is 0.243 e. The van der Waals surface area contributed by atoms with E-state index in [1.807, 2.05) is 17.5 Å². The first-order valence-corrected chi connectivity index (χ1v) is 8.14. The van der Waals surface area contributed by atoms with Crippen molar-refractivity contribution in [3.63, 3.8) is 0 Å². The molecule has 0 aliphatic rings. The zero-order valence-electron chi connectivity index (χ0n) is 10.6. The lowest BCUT2D eigenvalue weighted by atomic mass is 10.2. The molecule has 4 nitrogen and oxygen atoms in total. The van der Waals surface area contributed by atoms with Crippen molar-refractivity contribution in [2.75, 3.05) is 7.05 Å². The number of benzene rings is 1. The van der Waals surface area contributed by atoms with Gasteiger partial charge in [0.1, 0.15) is 0 Å². The van der Waals surface area contributed by atoms with Crippen LogP contribution in [0, 0.1) is 0 Å². The van der Waals surface area contributed by atoms with E-state index in [4.69, 9.17) is 5.73 Å². The van der Waals surface area contributed by atoms with Gasteiger partial charge in [0.05, 0.1) is 4.90 Å². The van der Waals surface area contributed by atoms with Crippen molar-refractivity contribution in [3.05, 3.63) is 52.2 Å². The van der Waals surface area contributed by atoms with Crippen LogP contribution in [0.2, 0.25) is 0 Å². The Morgan fingerprint density at radius 1 is 1.21 bits per heavy atom. The molecule has 0 atom stereocenters. The average molecular weight is 296 g/mol. The van der Waals surface area contributed by atoms with E-state index < -0.39 is 10.0 Å². The molecule has 0 saturated carbocycles. The van der Waals surface area contributed by atoms with Crippen LogP contribution < -0.4 is 5.73 Å². The molecule has 0 saturated heterocycles. The van der Waals surface area contributed by atoms with Crippen molar-refractivity contribution in [1.29, 1.82) is 0 Å². The number of nitrogens with two attached hydrogens (primary N) is 1. The molecule has 0 bridgehead atoms. The Balaban J connectivity index is 2.31. The van der Waals surface area contributed by atoms with Crippen molar-refractivity contribution in [2.24, 2.45) is 5.73 Å². The maximum absolute atomic E-state index is 12.5. The summed E-state index contributed by atoms with van der Waals surface area (Å²) in [6, 6.07) is 10.7. The van der Waals surface area contributed by atoms with Gasteiger partial charge in [0.25, 0.3) is 0 Å². The van der Waals surface area contributed by atoms with E-state index in [0.717, 1.165) is 4.88 Å². The van der Waals surface area contributed by atoms with Gasteiger partial charge >= 0.3 is 0 Å². The van der Waals surface area contributed by atoms with Crippen LogP contribution in [0.5, 0.6) is 0 Å². The highest BCUT2D eigenvalue weighted by molar-refractivity contribution is 7.89. The molecule has 0 amide bonds. The average Bonchev–Trinajstić information content (AvgIpc) is 2.91. The van der Waals surface area contributed by atoms with Crippen LogP contribution in [0.15, 0.2) is 46.7 Å². The zero-order chi connectivity index (χ0) is 13.9. The van der Waals surface area contributed by atoms with E-state index >= 15 is 0 Å². The van der Waals surface area contributed by atoms with Crippen molar-refractivity contribution in [2.45, 2.75) is 18.0 Å². The number of hydrogen-bond acceptors (Lipinski definition) is 4. The third kappa shape index (κ3) is 3.03. The summed E-state index contributed by atoms with van der Waals surface area (Å²) in [4.78, 5) is 1.30. The number of sulfonamides is 1. The second kappa shape index (κ2) is 5.83. The Morgan fingerprint density at radius 3 is 2.58 bits per heavy atom. The first-order valence-electron chi connectivity index (χ1n) is 5.82. The standard InChI is InChI=1S/C13H16N2O2S2/c1-15(10-12-6-4-8-18-12)19(16,17)13-7-3-2-5-11(13)9-14/h2-8H,9-10,14H2,1H3. The van der Waals surface area contributed by atoms with Gasteiger partial charge in [-0.05, 0) is 23.1 Å². The summed E-state index contributed by atoms with van der Waals surface area (Å²) in [5, 5.41) is 1.93. The summed E-state index contributed by atoms with van der Waals surface area (Å²) in [5.41, 5.74) is 6.24. The Bertz CT molecular complexity index is 636. The highest BCUT2D eigenvalue weighted by atomic mass is 32.2. The molecule has 0 unspecified atom stereocenters. The topological polar surface area (TPSA) is 63.4 Å². The summed E-state index contributed by atoms with van der Waals surface area (Å²) < 4.78 is 26.4. The first kappa shape index (κ1) is 14.2. The van der Waals surface area contributed by atoms with Crippen LogP contribution in [0.4, 0.5) is 0 Å². The van der Waals surface area contributed by atoms with Gasteiger partial charge in [-0.2, -0.15) is 4.31 Å². The third-order valence-corrected chi connectivity index (χ3v) is 5.60. The minimum absolute atomic E-state index is 0.211. The maximum atomic E-state index is 12.5. The summed E-state index contributed by atoms with van der Waals surface area (Å²) in [6.45, 7) is 0.584. The van der Waals surface area contributed by atoms with Gasteiger partial charge in [0.15, 0.2) is 0 Å². The fourth-order valence-corrected chi connectivity index (χ4v) is 4.02. The summed E-state index contributed by atoms with van der Waals surface area (Å²) in [6.07, 6.45) is 0. The van der Waals surface area contributed by atoms with E-state index in [1.54, 1.807) is 42.6 Å². The fourth-order valence-electron chi connectivity index (χ4n) is 1.80. The van der Waals surface area contributed by atoms with Crippen molar-refractivity contribution in [1.82, 2.24) is 4.31 Å². The van der Waals surface area contributed by atoms with Gasteiger partial charge in [0.2, 0.25) is 10.0 Å². The van der Waals surface area contributed by atoms with Gasteiger partial charge in [-0.15, -0.1) is 11.3 Å². The van der Waals surface area contributed by atoms with Gasteiger partial charge in [-0.1, -0.05) is 24.3 Å². The molecule has 2 N–H and O–H groups in total. The van der Waals surface area contributed by atoms with E-state index in [2.05, 4.69) is 0 Å². The molecule has 0 fully saturated rings. The number of nitrogens with zero attached hydrogens (tertiary/aromatic N) is 1. The van der Waals surface area contributed by atoms with Gasteiger partial charge in [-0.25, -0.2) is 8.42 Å². The Labute approximate surface area is 117 Å². The SMILES string of the molecule is CN(Cc1cccs1)S(=O)(=O)c1ccccc1CN. The minimum atomic E-state index is -3.50. The number of thiophene rings is 1. The molecule has 0 aliphatic carbocycles. The van der Waals surface area contributed by atoms with Crippen LogP contribution in [-0.2, 0) is 23.1 Å². The molecule has 0 aliphatic heterocycles. The zero-order valence-corrected chi connectivity index (χ0v) is 12.2. The first-order chi connectivity index (χ1) is 9.05. The van der Waals surface area contributed by atoms with E-state index in [1.165, 1.54) is 4.31 Å². The molecule has 1 aromatic carbocycles. The Hall–Kier alpha value is -1.21. The molecule has 2 rings (SSSR count). The lowest BCUT2D eigenvalue weighted by Crippen LogP contribution is -2.27. The molecule has 2 aromatic rings. The van der Waals surface area contributed by atoms with Crippen LogP contribution >= 0.6 is 11.3 Å². The quantitative estimate of drug-likeness (QED) is 0.918. The molecule has 0 radical (unpaired) electrons. The van der Waals surface area contributed by atoms with Gasteiger partial charge in [0, 0.05) is 25.0 Å². The second-order valence-corrected chi connectivity index (χ2v) is 7.20. The summed E-state index contributed by atoms with van der Waals surface area (Å²) in [5.74, 6) is 0. The van der Waals surface area contributed by atoms with Crippen LogP contribution in [-0.4, -0.2) is 19.8 Å². The lowest BCUT2D eigenvalue weighted by molar-refractivity contribution is 0.469. The fraction of sp³-hybridized carbons (Fsp3) is 0.231. The van der Waals surface area contributed by atoms with Gasteiger partial charge in [-0.3, -0.25) is 0 Å². The van der Waals surface area contributed by atoms with Crippen molar-refractivity contribution in [3.8, 4) is 0 Å². The van der Waals surface area contributed by atoms with E-state index in [0.29, 0.717) is 12.1 Å². The Morgan fingerprint density at radius 2 is 1.95 bits per heavy atom. The molecule has 6 heteroatoms. The molecule has 1 aromatic heterocycles. The van der Waals surface area contributed by atoms with Crippen LogP contribution in [0.3, 0.4) is 0 Å². The third-order valence-electron chi connectivity index (χ3n) is 2.84. The molecular formula is C13H16N2O2S2. The van der Waals surface area contributed by atoms with E-state index in [-0.39, 0.29) is 11.4 Å². The molecular weight excluding hydrogens is 280 g/mol. The van der Waals surface area contributed by atoms with E-state index in [9.17, 15) is 8.42 Å². The number of rotatable bonds is 5. The van der Waals surface area contributed by atoms with Crippen molar-refractivity contribution >= 4 is 21.4 Å². The molecule has 102 valence electrons. The van der Waals surface area contributed by atoms with Crippen molar-refractivity contribution < 1.29 is 8.42 Å². The maximum Gasteiger partial charge on any atom is 0.243 e. The highest BCUT2D eigenvalue weighted by Crippen LogP contribution is 2.21. The Kier molecular flexibility index (Phi) is 4.36. The largest absolute Gasteiger partial charge is 0.326 e. The molecule has 19 heavy (non-hydrogen) atoms. The van der Waals surface area contributed by atoms with Gasteiger partial charge < -0.3 is 5.73 Å². The predicted octanol–water partition coefficient (Wildman–Crippen LogP) is 2.03. The number of hydrogen-bond donors (Lipinski definition) is 1.